The normalized spacial score (nSPS) is 18.8. The first kappa shape index (κ1) is 43.9. The van der Waals surface area contributed by atoms with Crippen LogP contribution in [-0.4, -0.2) is 0 Å². The van der Waals surface area contributed by atoms with Gasteiger partial charge in [0.1, 0.15) is 0 Å². The molecule has 0 saturated carbocycles. The minimum Gasteiger partial charge on any atom is -0.147 e. The van der Waals surface area contributed by atoms with Crippen LogP contribution in [0.15, 0.2) is 83.9 Å². The Bertz CT molecular complexity index is 1930. The summed E-state index contributed by atoms with van der Waals surface area (Å²) in [5, 5.41) is 0. The second-order valence-electron chi connectivity index (χ2n) is 21.0. The standard InChI is InChI=1S/2C25H31.C2H4.2ClH.Hf/c2*1-8-17-12-18-10-9-11-22(23(18)13-17)19-14-20(24(2,3)4)16-21(15-19)25(5,6)7;1-2;;;/h2*9-16H,8H2,1-7H3;1-2H2;2*1H;. The molecule has 7 rings (SSSR count). The van der Waals surface area contributed by atoms with Gasteiger partial charge in [0.2, 0.25) is 0 Å². The number of fused-ring (bicyclic) bond motifs is 2. The topological polar surface area (TPSA) is 0 Å². The molecule has 1 saturated heterocycles. The van der Waals surface area contributed by atoms with Gasteiger partial charge in [-0.3, -0.25) is 0 Å². The smallest absolute Gasteiger partial charge is 0.147 e. The van der Waals surface area contributed by atoms with Crippen molar-refractivity contribution in [2.75, 3.05) is 0 Å². The van der Waals surface area contributed by atoms with Gasteiger partial charge in [-0.2, -0.15) is 0 Å². The minimum absolute atomic E-state index is 0. The molecule has 0 amide bonds. The third-order valence-electron chi connectivity index (χ3n) is 13.0. The van der Waals surface area contributed by atoms with Crippen molar-refractivity contribution in [2.45, 2.75) is 147 Å². The van der Waals surface area contributed by atoms with Crippen molar-refractivity contribution in [3.8, 4) is 22.3 Å². The van der Waals surface area contributed by atoms with Crippen LogP contribution in [0.3, 0.4) is 0 Å². The summed E-state index contributed by atoms with van der Waals surface area (Å²) in [5.41, 5.74) is 21.6. The maximum absolute atomic E-state index is 3.02. The van der Waals surface area contributed by atoms with E-state index in [1.165, 1.54) is 64.0 Å². The van der Waals surface area contributed by atoms with Crippen molar-refractivity contribution in [1.29, 1.82) is 0 Å². The third-order valence-corrected chi connectivity index (χ3v) is 32.2. The molecule has 3 heteroatoms. The number of hydrogen-bond donors (Lipinski definition) is 0. The Labute approximate surface area is 352 Å². The van der Waals surface area contributed by atoms with Gasteiger partial charge in [-0.1, -0.05) is 0 Å². The molecule has 2 unspecified atom stereocenters. The van der Waals surface area contributed by atoms with E-state index in [9.17, 15) is 0 Å². The zero-order chi connectivity index (χ0) is 38.5. The van der Waals surface area contributed by atoms with Gasteiger partial charge in [0, 0.05) is 0 Å². The van der Waals surface area contributed by atoms with Crippen LogP contribution in [-0.2, 0) is 41.6 Å². The fourth-order valence-electron chi connectivity index (χ4n) is 9.59. The summed E-state index contributed by atoms with van der Waals surface area (Å²) < 4.78 is 4.35. The molecule has 1 fully saturated rings. The van der Waals surface area contributed by atoms with Gasteiger partial charge in [0.25, 0.3) is 0 Å². The number of hydrogen-bond acceptors (Lipinski definition) is 0. The third kappa shape index (κ3) is 7.99. The zero-order valence-corrected chi connectivity index (χ0v) is 41.6. The van der Waals surface area contributed by atoms with Crippen molar-refractivity contribution >= 4 is 37.0 Å². The summed E-state index contributed by atoms with van der Waals surface area (Å²) in [6.45, 7) is 33.2. The number of halogens is 2. The summed E-state index contributed by atoms with van der Waals surface area (Å²) in [6.07, 6.45) is 7.64. The number of rotatable bonds is 6. The molecule has 4 aromatic carbocycles. The van der Waals surface area contributed by atoms with E-state index in [4.69, 9.17) is 0 Å². The summed E-state index contributed by atoms with van der Waals surface area (Å²) in [5.74, 6) is 0. The van der Waals surface area contributed by atoms with Gasteiger partial charge < -0.3 is 0 Å². The molecule has 2 aliphatic carbocycles. The average molecular weight is 943 g/mol. The van der Waals surface area contributed by atoms with Crippen LogP contribution in [0, 0.1) is 0 Å². The monoisotopic (exact) mass is 942 g/mol. The van der Waals surface area contributed by atoms with E-state index < -0.39 is 20.0 Å². The Kier molecular flexibility index (Phi) is 12.1. The summed E-state index contributed by atoms with van der Waals surface area (Å²) in [7, 11) is 0. The maximum atomic E-state index is 2.67. The fraction of sp³-hybridized carbons (Fsp3) is 0.462. The van der Waals surface area contributed by atoms with Gasteiger partial charge in [0.05, 0.1) is 0 Å². The molecule has 2 atom stereocenters. The van der Waals surface area contributed by atoms with Crippen LogP contribution in [0.5, 0.6) is 0 Å². The fourth-order valence-corrected chi connectivity index (χ4v) is 38.1. The van der Waals surface area contributed by atoms with Crippen LogP contribution >= 0.6 is 24.8 Å². The Hall–Kier alpha value is -2.19. The second-order valence-corrected chi connectivity index (χ2v) is 37.6. The van der Waals surface area contributed by atoms with Gasteiger partial charge >= 0.3 is 330 Å². The van der Waals surface area contributed by atoms with Crippen molar-refractivity contribution in [3.05, 3.63) is 128 Å². The molecule has 1 aliphatic heterocycles. The Morgan fingerprint density at radius 3 is 1.04 bits per heavy atom. The molecule has 1 heterocycles. The van der Waals surface area contributed by atoms with E-state index in [1.807, 2.05) is 0 Å². The first-order valence-electron chi connectivity index (χ1n) is 20.7. The Morgan fingerprint density at radius 1 is 0.473 bits per heavy atom. The van der Waals surface area contributed by atoms with Crippen LogP contribution in [0.1, 0.15) is 162 Å². The van der Waals surface area contributed by atoms with E-state index in [0.717, 1.165) is 12.8 Å². The number of allylic oxidation sites excluding steroid dienone is 2. The van der Waals surface area contributed by atoms with Crippen LogP contribution in [0.2, 0.25) is 8.35 Å². The van der Waals surface area contributed by atoms with Gasteiger partial charge in [-0.15, -0.1) is 24.8 Å². The second kappa shape index (κ2) is 15.2. The van der Waals surface area contributed by atoms with E-state index >= 15 is 0 Å². The zero-order valence-electron chi connectivity index (χ0n) is 36.4. The first-order valence-corrected chi connectivity index (χ1v) is 29.9. The van der Waals surface area contributed by atoms with Gasteiger partial charge in [-0.25, -0.2) is 0 Å². The van der Waals surface area contributed by atoms with Crippen LogP contribution in [0.25, 0.3) is 34.4 Å². The Morgan fingerprint density at radius 2 is 0.782 bits per heavy atom. The quantitative estimate of drug-likeness (QED) is 0.169. The van der Waals surface area contributed by atoms with Crippen LogP contribution in [0.4, 0.5) is 0 Å². The maximum Gasteiger partial charge on any atom is -0.147 e. The van der Waals surface area contributed by atoms with E-state index in [2.05, 4.69) is 182 Å². The molecular formula is C52H68Cl2Hf. The first-order chi connectivity index (χ1) is 24.7. The average Bonchev–Trinajstić information content (AvgIpc) is 3.61. The molecule has 0 spiro atoms. The summed E-state index contributed by atoms with van der Waals surface area (Å²) in [6, 6.07) is 29.6. The minimum atomic E-state index is -3.02. The molecule has 4 aromatic rings. The molecule has 55 heavy (non-hydrogen) atoms. The SMILES string of the molecule is CCC1=Cc2c(-c3cc(C(C)(C)C)cc(C(C)(C)C)c3)cccc2[CH]1[Hf]1([CH]2C(CC)=Cc3c(-c4cc(C(C)(C)C)cc(C(C)(C)C)c4)cccc32)[CH2][CH2]1.Cl.Cl. The molecule has 0 radical (unpaired) electrons. The molecule has 3 aliphatic rings. The molecule has 0 aromatic heterocycles. The van der Waals surface area contributed by atoms with Gasteiger partial charge in [0.15, 0.2) is 0 Å². The van der Waals surface area contributed by atoms with Crippen molar-refractivity contribution in [2.24, 2.45) is 0 Å². The number of benzene rings is 4. The Balaban J connectivity index is 0.00000290. The van der Waals surface area contributed by atoms with Crippen molar-refractivity contribution in [3.63, 3.8) is 0 Å². The molecule has 0 bridgehead atoms. The van der Waals surface area contributed by atoms with Gasteiger partial charge in [-0.05, 0) is 0 Å². The van der Waals surface area contributed by atoms with Crippen LogP contribution < -0.4 is 0 Å². The van der Waals surface area contributed by atoms with Crippen molar-refractivity contribution in [1.82, 2.24) is 0 Å². The van der Waals surface area contributed by atoms with E-state index in [0.29, 0.717) is 7.35 Å². The predicted octanol–water partition coefficient (Wildman–Crippen LogP) is 16.5. The molecular weight excluding hydrogens is 874 g/mol. The molecule has 0 N–H and O–H groups in total. The van der Waals surface area contributed by atoms with Crippen molar-refractivity contribution < 1.29 is 20.0 Å². The predicted molar refractivity (Wildman–Crippen MR) is 245 cm³/mol. The summed E-state index contributed by atoms with van der Waals surface area (Å²) in [4.78, 5) is 0. The van der Waals surface area contributed by atoms with E-state index in [-0.39, 0.29) is 46.5 Å². The molecule has 294 valence electrons. The van der Waals surface area contributed by atoms with E-state index in [1.54, 1.807) is 22.3 Å². The molecule has 0 nitrogen and oxygen atoms in total. The largest absolute Gasteiger partial charge is 0.147 e. The summed E-state index contributed by atoms with van der Waals surface area (Å²) >= 11 is -3.02.